The highest BCUT2D eigenvalue weighted by molar-refractivity contribution is 7.99. The SMILES string of the molecule is COc1ccccc1SCC(C)COC(C)(F)F. The van der Waals surface area contributed by atoms with E-state index in [9.17, 15) is 8.78 Å². The maximum Gasteiger partial charge on any atom is 0.352 e. The van der Waals surface area contributed by atoms with Gasteiger partial charge in [0.1, 0.15) is 5.75 Å². The summed E-state index contributed by atoms with van der Waals surface area (Å²) < 4.78 is 34.7. The van der Waals surface area contributed by atoms with Crippen molar-refractivity contribution in [3.63, 3.8) is 0 Å². The van der Waals surface area contributed by atoms with Crippen LogP contribution in [0.25, 0.3) is 0 Å². The Morgan fingerprint density at radius 2 is 2.00 bits per heavy atom. The van der Waals surface area contributed by atoms with E-state index in [1.54, 1.807) is 18.9 Å². The van der Waals surface area contributed by atoms with Gasteiger partial charge in [-0.25, -0.2) is 0 Å². The van der Waals surface area contributed by atoms with Crippen molar-refractivity contribution >= 4 is 11.8 Å². The average Bonchev–Trinajstić information content (AvgIpc) is 2.33. The minimum Gasteiger partial charge on any atom is -0.496 e. The predicted molar refractivity (Wildman–Crippen MR) is 69.5 cm³/mol. The molecule has 0 aliphatic rings. The van der Waals surface area contributed by atoms with Gasteiger partial charge in [0, 0.05) is 17.6 Å². The van der Waals surface area contributed by atoms with Gasteiger partial charge in [0.05, 0.1) is 13.7 Å². The molecule has 0 bridgehead atoms. The Balaban J connectivity index is 2.40. The second-order valence-corrected chi connectivity index (χ2v) is 5.25. The molecule has 0 fully saturated rings. The first kappa shape index (κ1) is 15.2. The summed E-state index contributed by atoms with van der Waals surface area (Å²) in [7, 11) is 1.61. The third kappa shape index (κ3) is 5.69. The van der Waals surface area contributed by atoms with Gasteiger partial charge in [0.25, 0.3) is 0 Å². The van der Waals surface area contributed by atoms with Gasteiger partial charge in [-0.2, -0.15) is 8.78 Å². The highest BCUT2D eigenvalue weighted by Gasteiger charge is 2.22. The van der Waals surface area contributed by atoms with Gasteiger partial charge in [0.15, 0.2) is 0 Å². The molecule has 0 saturated carbocycles. The van der Waals surface area contributed by atoms with E-state index in [1.165, 1.54) is 0 Å². The van der Waals surface area contributed by atoms with Crippen molar-refractivity contribution in [2.24, 2.45) is 5.92 Å². The first-order chi connectivity index (χ1) is 8.42. The number of benzene rings is 1. The molecule has 1 unspecified atom stereocenters. The predicted octanol–water partition coefficient (Wildman–Crippen LogP) is 4.05. The van der Waals surface area contributed by atoms with Crippen LogP contribution in [0.4, 0.5) is 8.78 Å². The van der Waals surface area contributed by atoms with Crippen LogP contribution in [0.3, 0.4) is 0 Å². The molecule has 5 heteroatoms. The number of ether oxygens (including phenoxy) is 2. The van der Waals surface area contributed by atoms with Crippen LogP contribution < -0.4 is 4.74 Å². The summed E-state index contributed by atoms with van der Waals surface area (Å²) in [6.07, 6.45) is -3.05. The van der Waals surface area contributed by atoms with Crippen LogP contribution in [0.15, 0.2) is 29.2 Å². The summed E-state index contributed by atoms with van der Waals surface area (Å²) >= 11 is 1.58. The van der Waals surface area contributed by atoms with Crippen molar-refractivity contribution in [1.29, 1.82) is 0 Å². The summed E-state index contributed by atoms with van der Waals surface area (Å²) in [4.78, 5) is 1.01. The van der Waals surface area contributed by atoms with Crippen molar-refractivity contribution in [1.82, 2.24) is 0 Å². The fourth-order valence-electron chi connectivity index (χ4n) is 1.31. The molecule has 1 rings (SSSR count). The number of alkyl halides is 2. The molecule has 1 aromatic carbocycles. The number of hydrogen-bond acceptors (Lipinski definition) is 3. The fourth-order valence-corrected chi connectivity index (χ4v) is 2.34. The average molecular weight is 276 g/mol. The van der Waals surface area contributed by atoms with Gasteiger partial charge in [-0.15, -0.1) is 11.8 Å². The highest BCUT2D eigenvalue weighted by Crippen LogP contribution is 2.30. The van der Waals surface area contributed by atoms with Crippen molar-refractivity contribution in [3.05, 3.63) is 24.3 Å². The van der Waals surface area contributed by atoms with Gasteiger partial charge in [-0.05, 0) is 18.1 Å². The van der Waals surface area contributed by atoms with Crippen LogP contribution in [0, 0.1) is 5.92 Å². The van der Waals surface area contributed by atoms with E-state index in [2.05, 4.69) is 4.74 Å². The quantitative estimate of drug-likeness (QED) is 0.700. The minimum atomic E-state index is -3.05. The first-order valence-corrected chi connectivity index (χ1v) is 6.68. The molecule has 0 saturated heterocycles. The Labute approximate surface area is 111 Å². The van der Waals surface area contributed by atoms with Crippen molar-refractivity contribution in [2.45, 2.75) is 24.9 Å². The molecule has 0 spiro atoms. The molecule has 18 heavy (non-hydrogen) atoms. The number of rotatable bonds is 7. The van der Waals surface area contributed by atoms with E-state index < -0.39 is 6.11 Å². The number of thioether (sulfide) groups is 1. The van der Waals surface area contributed by atoms with Crippen molar-refractivity contribution < 1.29 is 18.3 Å². The topological polar surface area (TPSA) is 18.5 Å². The monoisotopic (exact) mass is 276 g/mol. The van der Waals surface area contributed by atoms with Crippen LogP contribution in [-0.4, -0.2) is 25.6 Å². The zero-order valence-corrected chi connectivity index (χ0v) is 11.6. The van der Waals surface area contributed by atoms with Crippen LogP contribution in [0.2, 0.25) is 0 Å². The van der Waals surface area contributed by atoms with Crippen LogP contribution >= 0.6 is 11.8 Å². The van der Waals surface area contributed by atoms with Gasteiger partial charge < -0.3 is 9.47 Å². The molecule has 102 valence electrons. The Hall–Kier alpha value is -0.810. The first-order valence-electron chi connectivity index (χ1n) is 5.70. The van der Waals surface area contributed by atoms with Gasteiger partial charge in [0.2, 0.25) is 0 Å². The number of hydrogen-bond donors (Lipinski definition) is 0. The van der Waals surface area contributed by atoms with E-state index in [0.717, 1.165) is 17.6 Å². The van der Waals surface area contributed by atoms with Crippen LogP contribution in [-0.2, 0) is 4.74 Å². The highest BCUT2D eigenvalue weighted by atomic mass is 32.2. The van der Waals surface area contributed by atoms with E-state index in [0.29, 0.717) is 5.75 Å². The lowest BCUT2D eigenvalue weighted by Crippen LogP contribution is -2.20. The number of halogens is 2. The normalized spacial score (nSPS) is 13.4. The van der Waals surface area contributed by atoms with Crippen molar-refractivity contribution in [2.75, 3.05) is 19.5 Å². The van der Waals surface area contributed by atoms with E-state index in [4.69, 9.17) is 4.74 Å². The molecule has 2 nitrogen and oxygen atoms in total. The Kier molecular flexibility index (Phi) is 5.88. The molecule has 0 radical (unpaired) electrons. The van der Waals surface area contributed by atoms with Gasteiger partial charge in [-0.1, -0.05) is 19.1 Å². The second kappa shape index (κ2) is 6.95. The molecule has 0 aliphatic heterocycles. The van der Waals surface area contributed by atoms with Crippen molar-refractivity contribution in [3.8, 4) is 5.75 Å². The summed E-state index contributed by atoms with van der Waals surface area (Å²) in [6, 6.07) is 7.65. The molecular weight excluding hydrogens is 258 g/mol. The molecule has 0 amide bonds. The summed E-state index contributed by atoms with van der Waals surface area (Å²) in [6.45, 7) is 2.69. The molecule has 1 atom stereocenters. The largest absolute Gasteiger partial charge is 0.496 e. The maximum atomic E-state index is 12.5. The second-order valence-electron chi connectivity index (χ2n) is 4.19. The Morgan fingerprint density at radius 3 is 2.61 bits per heavy atom. The minimum absolute atomic E-state index is 0.0470. The van der Waals surface area contributed by atoms with E-state index in [-0.39, 0.29) is 12.5 Å². The number of methoxy groups -OCH3 is 1. The lowest BCUT2D eigenvalue weighted by molar-refractivity contribution is -0.228. The third-order valence-corrected chi connectivity index (χ3v) is 3.60. The standard InChI is InChI=1S/C13H18F2O2S/c1-10(8-17-13(2,14)15)9-18-12-7-5-4-6-11(12)16-3/h4-7,10H,8-9H2,1-3H3. The number of para-hydroxylation sites is 1. The zero-order chi connectivity index (χ0) is 13.6. The lowest BCUT2D eigenvalue weighted by atomic mass is 10.2. The van der Waals surface area contributed by atoms with Gasteiger partial charge in [-0.3, -0.25) is 0 Å². The maximum absolute atomic E-state index is 12.5. The fraction of sp³-hybridized carbons (Fsp3) is 0.538. The van der Waals surface area contributed by atoms with Crippen LogP contribution in [0.1, 0.15) is 13.8 Å². The molecule has 0 aliphatic carbocycles. The molecule has 0 heterocycles. The Bertz CT molecular complexity index is 366. The lowest BCUT2D eigenvalue weighted by Gasteiger charge is -2.16. The summed E-state index contributed by atoms with van der Waals surface area (Å²) in [5.74, 6) is 1.55. The molecular formula is C13H18F2O2S. The summed E-state index contributed by atoms with van der Waals surface area (Å²) in [5.41, 5.74) is 0. The molecule has 1 aromatic rings. The molecule has 0 aromatic heterocycles. The molecule has 0 N–H and O–H groups in total. The summed E-state index contributed by atoms with van der Waals surface area (Å²) in [5, 5.41) is 0. The smallest absolute Gasteiger partial charge is 0.352 e. The Morgan fingerprint density at radius 1 is 1.33 bits per heavy atom. The van der Waals surface area contributed by atoms with E-state index in [1.807, 2.05) is 31.2 Å². The zero-order valence-electron chi connectivity index (χ0n) is 10.8. The third-order valence-electron chi connectivity index (χ3n) is 2.21. The van der Waals surface area contributed by atoms with E-state index >= 15 is 0 Å². The van der Waals surface area contributed by atoms with Crippen LogP contribution in [0.5, 0.6) is 5.75 Å². The van der Waals surface area contributed by atoms with Gasteiger partial charge >= 0.3 is 6.11 Å².